The standard InChI is InChI=1S/C15H19F3N2O/c1-8(2)11-6-10(14(19-20-14)15(16,17)18)7-12(9(3)4)13(11)21-5/h6-9H,1-5H3. The number of methoxy groups -OCH3 is 1. The minimum absolute atomic E-state index is 0.0430. The average Bonchev–Trinajstić information content (AvgIpc) is 3.17. The lowest BCUT2D eigenvalue weighted by atomic mass is 9.88. The molecule has 1 aromatic rings. The molecule has 0 aliphatic carbocycles. The molecule has 0 aromatic heterocycles. The molecule has 0 unspecified atom stereocenters. The zero-order chi connectivity index (χ0) is 16.0. The highest BCUT2D eigenvalue weighted by Crippen LogP contribution is 2.54. The van der Waals surface area contributed by atoms with Crippen molar-refractivity contribution >= 4 is 0 Å². The Morgan fingerprint density at radius 2 is 1.43 bits per heavy atom. The van der Waals surface area contributed by atoms with E-state index >= 15 is 0 Å². The van der Waals surface area contributed by atoms with Crippen molar-refractivity contribution in [3.05, 3.63) is 28.8 Å². The fourth-order valence-corrected chi connectivity index (χ4v) is 2.41. The Bertz CT molecular complexity index is 542. The molecule has 0 amide bonds. The third-order valence-electron chi connectivity index (χ3n) is 3.69. The lowest BCUT2D eigenvalue weighted by molar-refractivity contribution is -0.166. The first-order valence-corrected chi connectivity index (χ1v) is 6.87. The highest BCUT2D eigenvalue weighted by Gasteiger charge is 2.65. The number of hydrogen-bond donors (Lipinski definition) is 0. The van der Waals surface area contributed by atoms with Gasteiger partial charge in [0.05, 0.1) is 7.11 Å². The second-order valence-electron chi connectivity index (χ2n) is 5.87. The van der Waals surface area contributed by atoms with Gasteiger partial charge in [-0.15, -0.1) is 10.2 Å². The maximum absolute atomic E-state index is 13.2. The molecular weight excluding hydrogens is 281 g/mol. The van der Waals surface area contributed by atoms with Crippen molar-refractivity contribution in [2.45, 2.75) is 51.4 Å². The SMILES string of the molecule is COc1c(C(C)C)cc(C2(C(F)(F)F)N=N2)cc1C(C)C. The first-order valence-electron chi connectivity index (χ1n) is 6.87. The van der Waals surface area contributed by atoms with Crippen LogP contribution in [-0.2, 0) is 5.66 Å². The quantitative estimate of drug-likeness (QED) is 0.759. The average molecular weight is 300 g/mol. The topological polar surface area (TPSA) is 34.0 Å². The predicted octanol–water partition coefficient (Wildman–Crippen LogP) is 5.12. The minimum Gasteiger partial charge on any atom is -0.496 e. The first-order chi connectivity index (χ1) is 9.64. The molecule has 0 radical (unpaired) electrons. The Hall–Kier alpha value is -1.59. The molecule has 0 N–H and O–H groups in total. The second kappa shape index (κ2) is 5.00. The van der Waals surface area contributed by atoms with Crippen LogP contribution in [0.1, 0.15) is 56.2 Å². The van der Waals surface area contributed by atoms with Crippen molar-refractivity contribution in [1.82, 2.24) is 0 Å². The number of rotatable bonds is 4. The molecule has 0 fully saturated rings. The van der Waals surface area contributed by atoms with Crippen LogP contribution in [-0.4, -0.2) is 13.3 Å². The van der Waals surface area contributed by atoms with Crippen LogP contribution in [0.5, 0.6) is 5.75 Å². The molecule has 2 rings (SSSR count). The van der Waals surface area contributed by atoms with Crippen LogP contribution >= 0.6 is 0 Å². The van der Waals surface area contributed by atoms with E-state index in [4.69, 9.17) is 4.74 Å². The van der Waals surface area contributed by atoms with Gasteiger partial charge in [0, 0.05) is 5.56 Å². The zero-order valence-corrected chi connectivity index (χ0v) is 12.7. The van der Waals surface area contributed by atoms with Crippen molar-refractivity contribution in [2.75, 3.05) is 7.11 Å². The van der Waals surface area contributed by atoms with Gasteiger partial charge in [-0.25, -0.2) is 0 Å². The van der Waals surface area contributed by atoms with Crippen molar-refractivity contribution in [3.63, 3.8) is 0 Å². The summed E-state index contributed by atoms with van der Waals surface area (Å²) in [6, 6.07) is 3.03. The van der Waals surface area contributed by atoms with E-state index < -0.39 is 11.8 Å². The molecule has 6 heteroatoms. The number of hydrogen-bond acceptors (Lipinski definition) is 3. The Morgan fingerprint density at radius 3 is 1.67 bits per heavy atom. The van der Waals surface area contributed by atoms with E-state index in [-0.39, 0.29) is 17.4 Å². The number of halogens is 3. The normalized spacial score (nSPS) is 16.7. The third kappa shape index (κ3) is 2.51. The molecule has 0 bridgehead atoms. The van der Waals surface area contributed by atoms with Crippen molar-refractivity contribution < 1.29 is 17.9 Å². The van der Waals surface area contributed by atoms with E-state index in [2.05, 4.69) is 10.2 Å². The maximum Gasteiger partial charge on any atom is 0.442 e. The molecule has 0 spiro atoms. The van der Waals surface area contributed by atoms with Crippen molar-refractivity contribution in [2.24, 2.45) is 10.2 Å². The lowest BCUT2D eigenvalue weighted by Crippen LogP contribution is -2.30. The molecule has 0 saturated heterocycles. The van der Waals surface area contributed by atoms with Gasteiger partial charge in [-0.3, -0.25) is 0 Å². The second-order valence-corrected chi connectivity index (χ2v) is 5.87. The van der Waals surface area contributed by atoms with Crippen LogP contribution in [0, 0.1) is 0 Å². The van der Waals surface area contributed by atoms with Crippen molar-refractivity contribution in [1.29, 1.82) is 0 Å². The van der Waals surface area contributed by atoms with E-state index in [9.17, 15) is 13.2 Å². The summed E-state index contributed by atoms with van der Waals surface area (Å²) >= 11 is 0. The Balaban J connectivity index is 2.65. The van der Waals surface area contributed by atoms with Gasteiger partial charge in [-0.05, 0) is 35.1 Å². The lowest BCUT2D eigenvalue weighted by Gasteiger charge is -2.23. The Morgan fingerprint density at radius 1 is 1.00 bits per heavy atom. The fraction of sp³-hybridized carbons (Fsp3) is 0.600. The van der Waals surface area contributed by atoms with Gasteiger partial charge in [0.1, 0.15) is 5.75 Å². The summed E-state index contributed by atoms with van der Waals surface area (Å²) in [6.45, 7) is 7.70. The van der Waals surface area contributed by atoms with Crippen LogP contribution in [0.4, 0.5) is 13.2 Å². The summed E-state index contributed by atoms with van der Waals surface area (Å²) in [7, 11) is 1.54. The van der Waals surface area contributed by atoms with Gasteiger partial charge in [-0.2, -0.15) is 13.2 Å². The van der Waals surface area contributed by atoms with Crippen LogP contribution in [0.25, 0.3) is 0 Å². The zero-order valence-electron chi connectivity index (χ0n) is 12.7. The summed E-state index contributed by atoms with van der Waals surface area (Å²) in [5.41, 5.74) is -0.811. The molecule has 3 nitrogen and oxygen atoms in total. The Labute approximate surface area is 122 Å². The number of nitrogens with zero attached hydrogens (tertiary/aromatic N) is 2. The molecular formula is C15H19F3N2O. The monoisotopic (exact) mass is 300 g/mol. The predicted molar refractivity (Wildman–Crippen MR) is 73.8 cm³/mol. The van der Waals surface area contributed by atoms with Crippen LogP contribution in [0.2, 0.25) is 0 Å². The van der Waals surface area contributed by atoms with Gasteiger partial charge in [0.15, 0.2) is 0 Å². The van der Waals surface area contributed by atoms with Crippen LogP contribution in [0.3, 0.4) is 0 Å². The number of ether oxygens (including phenoxy) is 1. The number of benzene rings is 1. The molecule has 0 saturated carbocycles. The van der Waals surface area contributed by atoms with E-state index in [0.29, 0.717) is 5.75 Å². The van der Waals surface area contributed by atoms with Crippen molar-refractivity contribution in [3.8, 4) is 5.75 Å². The molecule has 1 heterocycles. The van der Waals surface area contributed by atoms with Crippen LogP contribution < -0.4 is 4.74 Å². The maximum atomic E-state index is 13.2. The summed E-state index contributed by atoms with van der Waals surface area (Å²) in [4.78, 5) is 0. The fourth-order valence-electron chi connectivity index (χ4n) is 2.41. The van der Waals surface area contributed by atoms with E-state index in [1.807, 2.05) is 27.7 Å². The molecule has 21 heavy (non-hydrogen) atoms. The molecule has 116 valence electrons. The smallest absolute Gasteiger partial charge is 0.442 e. The molecule has 0 atom stereocenters. The third-order valence-corrected chi connectivity index (χ3v) is 3.69. The summed E-state index contributed by atoms with van der Waals surface area (Å²) in [5, 5.41) is 6.58. The summed E-state index contributed by atoms with van der Waals surface area (Å²) < 4.78 is 45.1. The van der Waals surface area contributed by atoms with Gasteiger partial charge in [0.25, 0.3) is 0 Å². The van der Waals surface area contributed by atoms with Gasteiger partial charge < -0.3 is 4.74 Å². The summed E-state index contributed by atoms with van der Waals surface area (Å²) in [6.07, 6.45) is -4.51. The van der Waals surface area contributed by atoms with Crippen LogP contribution in [0.15, 0.2) is 22.4 Å². The van der Waals surface area contributed by atoms with E-state index in [0.717, 1.165) is 11.1 Å². The largest absolute Gasteiger partial charge is 0.496 e. The summed E-state index contributed by atoms with van der Waals surface area (Å²) in [5.74, 6) is 0.740. The van der Waals surface area contributed by atoms with E-state index in [1.54, 1.807) is 0 Å². The molecule has 1 aliphatic rings. The minimum atomic E-state index is -4.51. The van der Waals surface area contributed by atoms with Gasteiger partial charge >= 0.3 is 11.8 Å². The first kappa shape index (κ1) is 15.8. The van der Waals surface area contributed by atoms with E-state index in [1.165, 1.54) is 19.2 Å². The highest BCUT2D eigenvalue weighted by atomic mass is 19.4. The Kier molecular flexibility index (Phi) is 3.76. The molecule has 1 aromatic carbocycles. The number of alkyl halides is 3. The highest BCUT2D eigenvalue weighted by molar-refractivity contribution is 5.50. The van der Waals surface area contributed by atoms with Gasteiger partial charge in [0.2, 0.25) is 0 Å². The molecule has 1 aliphatic heterocycles. The van der Waals surface area contributed by atoms with Gasteiger partial charge in [-0.1, -0.05) is 27.7 Å².